The van der Waals surface area contributed by atoms with E-state index < -0.39 is 34.9 Å². The van der Waals surface area contributed by atoms with Crippen molar-refractivity contribution in [1.29, 1.82) is 0 Å². The summed E-state index contributed by atoms with van der Waals surface area (Å²) >= 11 is 5.48. The van der Waals surface area contributed by atoms with Gasteiger partial charge in [-0.1, -0.05) is 49.2 Å². The molecule has 0 fully saturated rings. The van der Waals surface area contributed by atoms with Gasteiger partial charge in [-0.2, -0.15) is 8.78 Å². The van der Waals surface area contributed by atoms with Crippen LogP contribution in [0.15, 0.2) is 54.6 Å². The van der Waals surface area contributed by atoms with Gasteiger partial charge in [-0.25, -0.2) is 13.2 Å². The van der Waals surface area contributed by atoms with Crippen LogP contribution in [0, 0.1) is 17.5 Å². The summed E-state index contributed by atoms with van der Waals surface area (Å²) in [5.41, 5.74) is 0.0986. The lowest BCUT2D eigenvalue weighted by molar-refractivity contribution is -0.189. The first kappa shape index (κ1) is 21.1. The SMILES string of the molecule is CCCc1ccc(-c2cc(F)c(C(F)(F)Oc3ccc(Cl)c(F)c3)c(F)c2)cc1. The van der Waals surface area contributed by atoms with Crippen LogP contribution in [0.5, 0.6) is 5.75 Å². The molecule has 0 radical (unpaired) electrons. The van der Waals surface area contributed by atoms with Crippen molar-refractivity contribution < 1.29 is 26.7 Å². The molecule has 0 amide bonds. The third kappa shape index (κ3) is 4.70. The number of rotatable bonds is 6. The highest BCUT2D eigenvalue weighted by molar-refractivity contribution is 6.30. The van der Waals surface area contributed by atoms with E-state index in [1.165, 1.54) is 0 Å². The van der Waals surface area contributed by atoms with E-state index in [2.05, 4.69) is 4.74 Å². The minimum absolute atomic E-state index is 0.111. The summed E-state index contributed by atoms with van der Waals surface area (Å²) in [4.78, 5) is 0. The molecule has 29 heavy (non-hydrogen) atoms. The molecule has 0 aliphatic heterocycles. The molecule has 0 aliphatic carbocycles. The average molecular weight is 427 g/mol. The van der Waals surface area contributed by atoms with Crippen LogP contribution < -0.4 is 4.74 Å². The fraction of sp³-hybridized carbons (Fsp3) is 0.182. The number of halogens is 6. The third-order valence-electron chi connectivity index (χ3n) is 4.30. The van der Waals surface area contributed by atoms with Crippen LogP contribution in [0.4, 0.5) is 22.0 Å². The van der Waals surface area contributed by atoms with E-state index in [1.54, 1.807) is 12.1 Å². The summed E-state index contributed by atoms with van der Waals surface area (Å²) < 4.78 is 75.5. The maximum Gasteiger partial charge on any atom is 0.432 e. The Morgan fingerprint density at radius 3 is 2.00 bits per heavy atom. The second-order valence-electron chi connectivity index (χ2n) is 6.46. The van der Waals surface area contributed by atoms with E-state index in [0.717, 1.165) is 42.7 Å². The summed E-state index contributed by atoms with van der Waals surface area (Å²) in [5.74, 6) is -4.57. The largest absolute Gasteiger partial charge is 0.432 e. The number of ether oxygens (including phenoxy) is 1. The molecule has 152 valence electrons. The molecule has 0 unspecified atom stereocenters. The second-order valence-corrected chi connectivity index (χ2v) is 6.86. The van der Waals surface area contributed by atoms with Crippen molar-refractivity contribution in [2.75, 3.05) is 0 Å². The van der Waals surface area contributed by atoms with Crippen molar-refractivity contribution in [3.05, 3.63) is 88.2 Å². The van der Waals surface area contributed by atoms with E-state index in [9.17, 15) is 22.0 Å². The Kier molecular flexibility index (Phi) is 6.13. The standard InChI is InChI=1S/C22H16ClF5O/c1-2-3-13-4-6-14(7-5-13)15-10-19(25)21(20(26)11-15)22(27,28)29-16-8-9-17(23)18(24)12-16/h4-12H,2-3H2,1H3. The van der Waals surface area contributed by atoms with Crippen LogP contribution >= 0.6 is 11.6 Å². The van der Waals surface area contributed by atoms with Gasteiger partial charge in [0.25, 0.3) is 0 Å². The minimum Gasteiger partial charge on any atom is -0.429 e. The second kappa shape index (κ2) is 8.41. The topological polar surface area (TPSA) is 9.23 Å². The van der Waals surface area contributed by atoms with Crippen molar-refractivity contribution in [2.24, 2.45) is 0 Å². The zero-order valence-electron chi connectivity index (χ0n) is 15.3. The zero-order chi connectivity index (χ0) is 21.2. The third-order valence-corrected chi connectivity index (χ3v) is 4.60. The predicted molar refractivity (Wildman–Crippen MR) is 102 cm³/mol. The van der Waals surface area contributed by atoms with Crippen LogP contribution in [0.1, 0.15) is 24.5 Å². The van der Waals surface area contributed by atoms with E-state index >= 15 is 0 Å². The van der Waals surface area contributed by atoms with Gasteiger partial charge in [0.1, 0.15) is 28.8 Å². The Morgan fingerprint density at radius 1 is 0.828 bits per heavy atom. The van der Waals surface area contributed by atoms with Gasteiger partial charge in [-0.05, 0) is 47.4 Å². The van der Waals surface area contributed by atoms with Crippen LogP contribution in [-0.4, -0.2) is 0 Å². The molecule has 3 rings (SSSR count). The van der Waals surface area contributed by atoms with Crippen molar-refractivity contribution in [3.8, 4) is 16.9 Å². The van der Waals surface area contributed by atoms with Crippen LogP contribution in [0.2, 0.25) is 5.02 Å². The van der Waals surface area contributed by atoms with Crippen LogP contribution in [0.3, 0.4) is 0 Å². The van der Waals surface area contributed by atoms with Crippen molar-refractivity contribution in [1.82, 2.24) is 0 Å². The zero-order valence-corrected chi connectivity index (χ0v) is 16.0. The Bertz CT molecular complexity index is 995. The summed E-state index contributed by atoms with van der Waals surface area (Å²) in [6, 6.07) is 11.2. The Hall–Kier alpha value is -2.60. The number of alkyl halides is 2. The number of hydrogen-bond acceptors (Lipinski definition) is 1. The Morgan fingerprint density at radius 2 is 1.45 bits per heavy atom. The monoisotopic (exact) mass is 426 g/mol. The molecule has 3 aromatic carbocycles. The molecule has 0 aromatic heterocycles. The number of hydrogen-bond donors (Lipinski definition) is 0. The fourth-order valence-electron chi connectivity index (χ4n) is 2.91. The van der Waals surface area contributed by atoms with Crippen molar-refractivity contribution >= 4 is 11.6 Å². The molecular weight excluding hydrogens is 411 g/mol. The highest BCUT2D eigenvalue weighted by Crippen LogP contribution is 2.37. The average Bonchev–Trinajstić information content (AvgIpc) is 2.64. The lowest BCUT2D eigenvalue weighted by Gasteiger charge is -2.20. The van der Waals surface area contributed by atoms with Crippen molar-refractivity contribution in [3.63, 3.8) is 0 Å². The van der Waals surface area contributed by atoms with E-state index in [-0.39, 0.29) is 10.6 Å². The lowest BCUT2D eigenvalue weighted by Crippen LogP contribution is -2.25. The van der Waals surface area contributed by atoms with Crippen LogP contribution in [0.25, 0.3) is 11.1 Å². The molecule has 0 N–H and O–H groups in total. The summed E-state index contributed by atoms with van der Waals surface area (Å²) in [6.07, 6.45) is -2.56. The van der Waals surface area contributed by atoms with Gasteiger partial charge in [0.05, 0.1) is 5.02 Å². The summed E-state index contributed by atoms with van der Waals surface area (Å²) in [7, 11) is 0. The molecule has 0 aliphatic rings. The smallest absolute Gasteiger partial charge is 0.429 e. The van der Waals surface area contributed by atoms with Gasteiger partial charge in [-0.3, -0.25) is 0 Å². The van der Waals surface area contributed by atoms with Crippen LogP contribution in [-0.2, 0) is 12.5 Å². The molecule has 0 heterocycles. The Balaban J connectivity index is 1.92. The van der Waals surface area contributed by atoms with E-state index in [0.29, 0.717) is 11.6 Å². The van der Waals surface area contributed by atoms with E-state index in [1.807, 2.05) is 19.1 Å². The van der Waals surface area contributed by atoms with Gasteiger partial charge in [-0.15, -0.1) is 0 Å². The fourth-order valence-corrected chi connectivity index (χ4v) is 3.03. The maximum absolute atomic E-state index is 14.4. The first-order valence-electron chi connectivity index (χ1n) is 8.82. The number of aryl methyl sites for hydroxylation is 1. The predicted octanol–water partition coefficient (Wildman–Crippen LogP) is 7.51. The van der Waals surface area contributed by atoms with Gasteiger partial charge >= 0.3 is 6.11 Å². The summed E-state index contributed by atoms with van der Waals surface area (Å²) in [5, 5.41) is -0.299. The van der Waals surface area contributed by atoms with Crippen molar-refractivity contribution in [2.45, 2.75) is 25.9 Å². The molecular formula is C22H16ClF5O. The lowest BCUT2D eigenvalue weighted by atomic mass is 10.00. The van der Waals surface area contributed by atoms with Gasteiger partial charge in [0.15, 0.2) is 0 Å². The molecule has 0 saturated carbocycles. The Labute approximate surface area is 169 Å². The molecule has 0 bridgehead atoms. The van der Waals surface area contributed by atoms with Gasteiger partial charge < -0.3 is 4.74 Å². The molecule has 0 saturated heterocycles. The van der Waals surface area contributed by atoms with E-state index in [4.69, 9.17) is 11.6 Å². The molecule has 0 atom stereocenters. The highest BCUT2D eigenvalue weighted by atomic mass is 35.5. The number of benzene rings is 3. The quantitative estimate of drug-likeness (QED) is 0.371. The normalized spacial score (nSPS) is 11.6. The molecule has 0 spiro atoms. The molecule has 3 aromatic rings. The van der Waals surface area contributed by atoms with Gasteiger partial charge in [0, 0.05) is 6.07 Å². The first-order chi connectivity index (χ1) is 13.7. The summed E-state index contributed by atoms with van der Waals surface area (Å²) in [6.45, 7) is 2.03. The maximum atomic E-state index is 14.4. The molecule has 7 heteroatoms. The van der Waals surface area contributed by atoms with Gasteiger partial charge in [0.2, 0.25) is 0 Å². The molecule has 1 nitrogen and oxygen atoms in total. The first-order valence-corrected chi connectivity index (χ1v) is 9.19. The minimum atomic E-state index is -4.36. The highest BCUT2D eigenvalue weighted by Gasteiger charge is 2.41.